The highest BCUT2D eigenvalue weighted by Gasteiger charge is 2.19. The Balaban J connectivity index is 1.83. The lowest BCUT2D eigenvalue weighted by Crippen LogP contribution is -2.09. The Morgan fingerprint density at radius 1 is 1.12 bits per heavy atom. The summed E-state index contributed by atoms with van der Waals surface area (Å²) in [5.41, 5.74) is 7.07. The molecule has 0 heterocycles. The zero-order valence-corrected chi connectivity index (χ0v) is 15.5. The van der Waals surface area contributed by atoms with Gasteiger partial charge in [-0.05, 0) is 77.8 Å². The smallest absolute Gasteiger partial charge is 0.147 e. The second kappa shape index (κ2) is 7.18. The Hall–Kier alpha value is -1.85. The van der Waals surface area contributed by atoms with Crippen LogP contribution in [0.2, 0.25) is 0 Å². The molecular formula is C20H24O4S. The van der Waals surface area contributed by atoms with Gasteiger partial charge in [-0.25, -0.2) is 8.42 Å². The zero-order chi connectivity index (χ0) is 18.0. The molecule has 1 aliphatic carbocycles. The van der Waals surface area contributed by atoms with E-state index in [0.717, 1.165) is 29.7 Å². The van der Waals surface area contributed by atoms with E-state index in [2.05, 4.69) is 25.1 Å². The molecule has 0 aromatic heterocycles. The fourth-order valence-electron chi connectivity index (χ4n) is 3.44. The Bertz CT molecular complexity index is 885. The van der Waals surface area contributed by atoms with Crippen molar-refractivity contribution in [3.8, 4) is 16.9 Å². The van der Waals surface area contributed by atoms with Crippen molar-refractivity contribution < 1.29 is 18.3 Å². The third-order valence-electron chi connectivity index (χ3n) is 4.61. The van der Waals surface area contributed by atoms with Gasteiger partial charge in [-0.2, -0.15) is 0 Å². The Labute approximate surface area is 149 Å². The number of benzene rings is 2. The summed E-state index contributed by atoms with van der Waals surface area (Å²) in [7, 11) is -2.94. The summed E-state index contributed by atoms with van der Waals surface area (Å²) >= 11 is 0. The molecule has 0 saturated heterocycles. The molecule has 0 fully saturated rings. The number of sulfone groups is 1. The number of aliphatic hydroxyl groups excluding tert-OH is 1. The molecule has 0 saturated carbocycles. The largest absolute Gasteiger partial charge is 0.494 e. The third kappa shape index (κ3) is 4.22. The fraction of sp³-hybridized carbons (Fsp3) is 0.400. The average molecular weight is 360 g/mol. The van der Waals surface area contributed by atoms with Crippen LogP contribution in [-0.4, -0.2) is 32.1 Å². The van der Waals surface area contributed by atoms with E-state index in [-0.39, 0.29) is 12.4 Å². The lowest BCUT2D eigenvalue weighted by molar-refractivity contribution is 0.282. The Morgan fingerprint density at radius 2 is 1.88 bits per heavy atom. The summed E-state index contributed by atoms with van der Waals surface area (Å²) < 4.78 is 28.1. The van der Waals surface area contributed by atoms with E-state index in [1.165, 1.54) is 28.5 Å². The average Bonchev–Trinajstić information content (AvgIpc) is 2.57. The monoisotopic (exact) mass is 360 g/mol. The van der Waals surface area contributed by atoms with Gasteiger partial charge in [-0.3, -0.25) is 0 Å². The zero-order valence-electron chi connectivity index (χ0n) is 14.7. The van der Waals surface area contributed by atoms with E-state index in [1.54, 1.807) is 0 Å². The minimum absolute atomic E-state index is 0.0448. The van der Waals surface area contributed by atoms with Crippen molar-refractivity contribution in [1.29, 1.82) is 0 Å². The van der Waals surface area contributed by atoms with Crippen molar-refractivity contribution >= 4 is 9.84 Å². The molecular weight excluding hydrogens is 336 g/mol. The number of aliphatic hydroxyl groups is 1. The van der Waals surface area contributed by atoms with Crippen LogP contribution in [0.15, 0.2) is 30.3 Å². The summed E-state index contributed by atoms with van der Waals surface area (Å²) in [5.74, 6) is 0.945. The minimum atomic E-state index is -2.94. The van der Waals surface area contributed by atoms with E-state index in [0.29, 0.717) is 13.0 Å². The summed E-state index contributed by atoms with van der Waals surface area (Å²) in [4.78, 5) is 0. The molecule has 0 bridgehead atoms. The topological polar surface area (TPSA) is 63.6 Å². The first-order valence-corrected chi connectivity index (χ1v) is 10.6. The lowest BCUT2D eigenvalue weighted by Gasteiger charge is -2.23. The standard InChI is InChI=1S/C20H24O4S/c1-14-10-18(24-8-3-9-25(2,22)23)12-17-7-6-16-5-4-15(13-21)11-19(16)20(14)17/h4-5,10-12,21H,3,6-9,13H2,1-2H3. The maximum atomic E-state index is 11.2. The molecule has 2 aromatic carbocycles. The molecule has 0 aliphatic heterocycles. The van der Waals surface area contributed by atoms with Crippen LogP contribution in [0.4, 0.5) is 0 Å². The predicted molar refractivity (Wildman–Crippen MR) is 99.8 cm³/mol. The van der Waals surface area contributed by atoms with E-state index in [4.69, 9.17) is 4.74 Å². The van der Waals surface area contributed by atoms with Crippen LogP contribution >= 0.6 is 0 Å². The van der Waals surface area contributed by atoms with Crippen LogP contribution in [0, 0.1) is 6.92 Å². The number of ether oxygens (including phenoxy) is 1. The Kier molecular flexibility index (Phi) is 5.16. The third-order valence-corrected chi connectivity index (χ3v) is 5.64. The molecule has 1 N–H and O–H groups in total. The van der Waals surface area contributed by atoms with Crippen molar-refractivity contribution in [2.75, 3.05) is 18.6 Å². The molecule has 4 nitrogen and oxygen atoms in total. The molecule has 25 heavy (non-hydrogen) atoms. The molecule has 0 unspecified atom stereocenters. The molecule has 0 radical (unpaired) electrons. The highest BCUT2D eigenvalue weighted by molar-refractivity contribution is 7.90. The van der Waals surface area contributed by atoms with Gasteiger partial charge in [-0.15, -0.1) is 0 Å². The van der Waals surface area contributed by atoms with Crippen molar-refractivity contribution in [3.63, 3.8) is 0 Å². The molecule has 0 amide bonds. The lowest BCUT2D eigenvalue weighted by atomic mass is 9.82. The molecule has 0 spiro atoms. The van der Waals surface area contributed by atoms with Gasteiger partial charge in [0.1, 0.15) is 15.6 Å². The van der Waals surface area contributed by atoms with Crippen LogP contribution in [0.3, 0.4) is 0 Å². The van der Waals surface area contributed by atoms with Gasteiger partial charge in [0.15, 0.2) is 0 Å². The van der Waals surface area contributed by atoms with Crippen molar-refractivity contribution in [2.24, 2.45) is 0 Å². The van der Waals surface area contributed by atoms with E-state index in [1.807, 2.05) is 12.1 Å². The first kappa shape index (κ1) is 18.0. The summed E-state index contributed by atoms with van der Waals surface area (Å²) in [6, 6.07) is 10.3. The Morgan fingerprint density at radius 3 is 2.60 bits per heavy atom. The van der Waals surface area contributed by atoms with Gasteiger partial charge in [0.2, 0.25) is 0 Å². The van der Waals surface area contributed by atoms with Gasteiger partial charge in [0, 0.05) is 6.26 Å². The SMILES string of the molecule is Cc1cc(OCCCS(C)(=O)=O)cc2c1-c1cc(CO)ccc1CC2. The van der Waals surface area contributed by atoms with Crippen molar-refractivity contribution in [3.05, 3.63) is 52.6 Å². The van der Waals surface area contributed by atoms with Crippen LogP contribution in [0.5, 0.6) is 5.75 Å². The second-order valence-electron chi connectivity index (χ2n) is 6.76. The molecule has 134 valence electrons. The summed E-state index contributed by atoms with van der Waals surface area (Å²) in [6.45, 7) is 2.52. The van der Waals surface area contributed by atoms with Crippen molar-refractivity contribution in [2.45, 2.75) is 32.8 Å². The van der Waals surface area contributed by atoms with Gasteiger partial charge >= 0.3 is 0 Å². The number of fused-ring (bicyclic) bond motifs is 3. The van der Waals surface area contributed by atoms with Gasteiger partial charge in [0.25, 0.3) is 0 Å². The molecule has 5 heteroatoms. The number of hydrogen-bond donors (Lipinski definition) is 1. The molecule has 1 aliphatic rings. The highest BCUT2D eigenvalue weighted by Crippen LogP contribution is 2.38. The maximum absolute atomic E-state index is 11.2. The maximum Gasteiger partial charge on any atom is 0.147 e. The highest BCUT2D eigenvalue weighted by atomic mass is 32.2. The predicted octanol–water partition coefficient (Wildman–Crippen LogP) is 3.07. The van der Waals surface area contributed by atoms with E-state index in [9.17, 15) is 13.5 Å². The second-order valence-corrected chi connectivity index (χ2v) is 9.02. The van der Waals surface area contributed by atoms with E-state index >= 15 is 0 Å². The first-order valence-electron chi connectivity index (χ1n) is 8.54. The fourth-order valence-corrected chi connectivity index (χ4v) is 4.09. The molecule has 2 aromatic rings. The number of hydrogen-bond acceptors (Lipinski definition) is 4. The van der Waals surface area contributed by atoms with Crippen molar-refractivity contribution in [1.82, 2.24) is 0 Å². The quantitative estimate of drug-likeness (QED) is 0.804. The molecule has 0 atom stereocenters. The number of aryl methyl sites for hydroxylation is 3. The normalized spacial score (nSPS) is 13.2. The first-order chi connectivity index (χ1) is 11.9. The van der Waals surface area contributed by atoms with E-state index < -0.39 is 9.84 Å². The summed E-state index contributed by atoms with van der Waals surface area (Å²) in [5, 5.41) is 9.42. The van der Waals surface area contributed by atoms with Gasteiger partial charge in [-0.1, -0.05) is 12.1 Å². The summed E-state index contributed by atoms with van der Waals surface area (Å²) in [6.07, 6.45) is 3.68. The van der Waals surface area contributed by atoms with Crippen LogP contribution in [0.25, 0.3) is 11.1 Å². The number of rotatable bonds is 6. The van der Waals surface area contributed by atoms with Gasteiger partial charge in [0.05, 0.1) is 19.0 Å². The minimum Gasteiger partial charge on any atom is -0.494 e. The molecule has 3 rings (SSSR count). The van der Waals surface area contributed by atoms with Crippen LogP contribution in [0.1, 0.15) is 28.7 Å². The van der Waals surface area contributed by atoms with Crippen LogP contribution < -0.4 is 4.74 Å². The van der Waals surface area contributed by atoms with Gasteiger partial charge < -0.3 is 9.84 Å². The van der Waals surface area contributed by atoms with Crippen LogP contribution in [-0.2, 0) is 29.3 Å².